The van der Waals surface area contributed by atoms with Crippen molar-refractivity contribution in [1.29, 1.82) is 0 Å². The van der Waals surface area contributed by atoms with Crippen molar-refractivity contribution < 1.29 is 20.4 Å². The normalized spacial score (nSPS) is 18.0. The van der Waals surface area contributed by atoms with Crippen molar-refractivity contribution in [1.82, 2.24) is 5.32 Å². The molecule has 7 N–H and O–H groups in total. The summed E-state index contributed by atoms with van der Waals surface area (Å²) in [5.41, 5.74) is 5.27. The number of aliphatic hydroxyl groups is 4. The van der Waals surface area contributed by atoms with E-state index in [0.717, 1.165) is 0 Å². The number of nitrogens with one attached hydrogen (secondary N) is 1. The molecule has 0 rings (SSSR count). The Labute approximate surface area is 64.3 Å². The van der Waals surface area contributed by atoms with Gasteiger partial charge in [-0.3, -0.25) is 5.32 Å². The molecule has 0 fully saturated rings. The number of hydrogen-bond donors (Lipinski definition) is 6. The Morgan fingerprint density at radius 2 is 1.91 bits per heavy atom. The van der Waals surface area contributed by atoms with Crippen LogP contribution >= 0.6 is 0 Å². The highest BCUT2D eigenvalue weighted by Crippen LogP contribution is 1.98. The Kier molecular flexibility index (Phi) is 3.87. The number of aliphatic hydroxyl groups excluding tert-OH is 1. The van der Waals surface area contributed by atoms with E-state index < -0.39 is 18.4 Å². The third-order valence-corrected chi connectivity index (χ3v) is 1.18. The molecule has 0 heterocycles. The van der Waals surface area contributed by atoms with Gasteiger partial charge in [0.1, 0.15) is 0 Å². The summed E-state index contributed by atoms with van der Waals surface area (Å²) in [6, 6.07) is 0. The zero-order valence-electron chi connectivity index (χ0n) is 6.23. The van der Waals surface area contributed by atoms with Gasteiger partial charge >= 0.3 is 5.97 Å². The molecule has 2 unspecified atom stereocenters. The van der Waals surface area contributed by atoms with E-state index in [9.17, 15) is 0 Å². The molecule has 6 heteroatoms. The van der Waals surface area contributed by atoms with Crippen molar-refractivity contribution >= 4 is 0 Å². The van der Waals surface area contributed by atoms with Gasteiger partial charge in [0.05, 0.1) is 6.17 Å². The minimum Gasteiger partial charge on any atom is -0.371 e. The second-order valence-corrected chi connectivity index (χ2v) is 2.27. The van der Waals surface area contributed by atoms with E-state index in [1.165, 1.54) is 0 Å². The number of hydrogen-bond acceptors (Lipinski definition) is 6. The molecule has 0 aromatic rings. The average molecular weight is 166 g/mol. The van der Waals surface area contributed by atoms with Crippen LogP contribution in [-0.2, 0) is 0 Å². The fourth-order valence-corrected chi connectivity index (χ4v) is 0.432. The molecule has 0 aliphatic heterocycles. The standard InChI is InChI=1S/C5H14N2O4/c1-2-3(6)7-4(8)5(9,10)11/h3-4,7-11H,2,6H2,1H3. The van der Waals surface area contributed by atoms with Gasteiger partial charge in [-0.2, -0.15) is 0 Å². The Morgan fingerprint density at radius 3 is 2.18 bits per heavy atom. The summed E-state index contributed by atoms with van der Waals surface area (Å²) in [6.07, 6.45) is -1.96. The molecule has 0 saturated heterocycles. The fourth-order valence-electron chi connectivity index (χ4n) is 0.432. The zero-order valence-corrected chi connectivity index (χ0v) is 6.23. The molecule has 2 atom stereocenters. The van der Waals surface area contributed by atoms with Gasteiger partial charge < -0.3 is 26.2 Å². The molecule has 0 amide bonds. The van der Waals surface area contributed by atoms with Gasteiger partial charge in [0.25, 0.3) is 0 Å². The molecule has 0 bridgehead atoms. The first-order valence-electron chi connectivity index (χ1n) is 3.24. The molecule has 0 aromatic heterocycles. The monoisotopic (exact) mass is 166 g/mol. The molecule has 0 saturated carbocycles. The molecular formula is C5H14N2O4. The summed E-state index contributed by atoms with van der Waals surface area (Å²) >= 11 is 0. The van der Waals surface area contributed by atoms with Gasteiger partial charge in [0.15, 0.2) is 6.23 Å². The van der Waals surface area contributed by atoms with E-state index >= 15 is 0 Å². The largest absolute Gasteiger partial charge is 0.371 e. The smallest absolute Gasteiger partial charge is 0.317 e. The molecule has 0 spiro atoms. The quantitative estimate of drug-likeness (QED) is 0.251. The molecule has 0 aromatic carbocycles. The van der Waals surface area contributed by atoms with Gasteiger partial charge in [0.2, 0.25) is 0 Å². The summed E-state index contributed by atoms with van der Waals surface area (Å²) in [6.45, 7) is 1.73. The van der Waals surface area contributed by atoms with E-state index in [1.807, 2.05) is 0 Å². The lowest BCUT2D eigenvalue weighted by atomic mass is 10.3. The first-order chi connectivity index (χ1) is 4.88. The maximum Gasteiger partial charge on any atom is 0.317 e. The van der Waals surface area contributed by atoms with Crippen molar-refractivity contribution in [2.24, 2.45) is 5.73 Å². The predicted molar refractivity (Wildman–Crippen MR) is 36.8 cm³/mol. The third-order valence-electron chi connectivity index (χ3n) is 1.18. The molecule has 68 valence electrons. The van der Waals surface area contributed by atoms with Crippen molar-refractivity contribution in [3.05, 3.63) is 0 Å². The summed E-state index contributed by atoms with van der Waals surface area (Å²) in [7, 11) is 0. The highest BCUT2D eigenvalue weighted by Gasteiger charge is 2.30. The van der Waals surface area contributed by atoms with Crippen LogP contribution in [0, 0.1) is 0 Å². The molecule has 0 aliphatic carbocycles. The van der Waals surface area contributed by atoms with E-state index in [1.54, 1.807) is 6.92 Å². The minimum absolute atomic E-state index is 0.493. The van der Waals surface area contributed by atoms with E-state index in [4.69, 9.17) is 26.2 Å². The van der Waals surface area contributed by atoms with Crippen LogP contribution in [0.4, 0.5) is 0 Å². The van der Waals surface area contributed by atoms with Crippen molar-refractivity contribution in [3.63, 3.8) is 0 Å². The van der Waals surface area contributed by atoms with Crippen LogP contribution in [-0.4, -0.2) is 38.8 Å². The lowest BCUT2D eigenvalue weighted by Gasteiger charge is -2.24. The SMILES string of the molecule is CCC(N)NC(O)C(O)(O)O. The lowest BCUT2D eigenvalue weighted by molar-refractivity contribution is -0.361. The predicted octanol–water partition coefficient (Wildman–Crippen LogP) is -2.78. The van der Waals surface area contributed by atoms with Gasteiger partial charge in [-0.25, -0.2) is 0 Å². The highest BCUT2D eigenvalue weighted by molar-refractivity contribution is 4.64. The topological polar surface area (TPSA) is 119 Å². The average Bonchev–Trinajstić information content (AvgIpc) is 1.85. The van der Waals surface area contributed by atoms with Crippen LogP contribution in [0.5, 0.6) is 0 Å². The molecule has 6 nitrogen and oxygen atoms in total. The second-order valence-electron chi connectivity index (χ2n) is 2.27. The number of nitrogens with two attached hydrogens (primary N) is 1. The minimum atomic E-state index is -3.15. The Balaban J connectivity index is 3.77. The van der Waals surface area contributed by atoms with Crippen molar-refractivity contribution in [3.8, 4) is 0 Å². The molecule has 0 radical (unpaired) electrons. The first kappa shape index (κ1) is 10.8. The maximum atomic E-state index is 8.75. The Bertz CT molecular complexity index is 114. The van der Waals surface area contributed by atoms with Gasteiger partial charge in [-0.15, -0.1) is 0 Å². The Morgan fingerprint density at radius 1 is 1.45 bits per heavy atom. The fraction of sp³-hybridized carbons (Fsp3) is 1.00. The van der Waals surface area contributed by atoms with E-state index in [0.29, 0.717) is 6.42 Å². The Hall–Kier alpha value is -0.240. The van der Waals surface area contributed by atoms with E-state index in [-0.39, 0.29) is 0 Å². The van der Waals surface area contributed by atoms with Crippen LogP contribution in [0.1, 0.15) is 13.3 Å². The highest BCUT2D eigenvalue weighted by atomic mass is 16.7. The van der Waals surface area contributed by atoms with Crippen LogP contribution in [0.2, 0.25) is 0 Å². The molecular weight excluding hydrogens is 152 g/mol. The summed E-state index contributed by atoms with van der Waals surface area (Å²) in [5, 5.41) is 36.0. The van der Waals surface area contributed by atoms with Gasteiger partial charge in [-0.1, -0.05) is 6.92 Å². The number of rotatable bonds is 4. The van der Waals surface area contributed by atoms with Gasteiger partial charge in [-0.05, 0) is 6.42 Å². The summed E-state index contributed by atoms with van der Waals surface area (Å²) < 4.78 is 0. The second kappa shape index (κ2) is 3.96. The molecule has 11 heavy (non-hydrogen) atoms. The third kappa shape index (κ3) is 4.25. The summed E-state index contributed by atoms with van der Waals surface area (Å²) in [5.74, 6) is -3.15. The van der Waals surface area contributed by atoms with Crippen molar-refractivity contribution in [2.75, 3.05) is 0 Å². The van der Waals surface area contributed by atoms with Crippen LogP contribution < -0.4 is 11.1 Å². The lowest BCUT2D eigenvalue weighted by Crippen LogP contribution is -2.56. The van der Waals surface area contributed by atoms with Crippen LogP contribution in [0.3, 0.4) is 0 Å². The van der Waals surface area contributed by atoms with Gasteiger partial charge in [0, 0.05) is 0 Å². The molecule has 0 aliphatic rings. The first-order valence-corrected chi connectivity index (χ1v) is 3.24. The van der Waals surface area contributed by atoms with Crippen molar-refractivity contribution in [2.45, 2.75) is 31.7 Å². The zero-order chi connectivity index (χ0) is 9.07. The summed E-state index contributed by atoms with van der Waals surface area (Å²) in [4.78, 5) is 0. The van der Waals surface area contributed by atoms with Crippen LogP contribution in [0.25, 0.3) is 0 Å². The van der Waals surface area contributed by atoms with Crippen LogP contribution in [0.15, 0.2) is 0 Å². The van der Waals surface area contributed by atoms with E-state index in [2.05, 4.69) is 5.32 Å². The maximum absolute atomic E-state index is 8.75.